The fourth-order valence-electron chi connectivity index (χ4n) is 7.04. The van der Waals surface area contributed by atoms with Crippen molar-refractivity contribution in [1.29, 1.82) is 0 Å². The Labute approximate surface area is 264 Å². The van der Waals surface area contributed by atoms with Crippen molar-refractivity contribution >= 4 is 11.6 Å². The molecule has 0 amide bonds. The number of Topliss-reactive ketones (excluding diaryl/α,β-unsaturated/α-hetero) is 2. The van der Waals surface area contributed by atoms with Gasteiger partial charge in [-0.15, -0.1) is 0 Å². The average molecular weight is 622 g/mol. The van der Waals surface area contributed by atoms with E-state index in [1.54, 1.807) is 0 Å². The van der Waals surface area contributed by atoms with Crippen LogP contribution in [0.5, 0.6) is 0 Å². The Morgan fingerprint density at radius 2 is 1.78 bits per heavy atom. The molecule has 1 aliphatic heterocycles. The number of carbonyl (C=O) groups excluding carboxylic acids is 2. The van der Waals surface area contributed by atoms with Gasteiger partial charge in [0.1, 0.15) is 23.1 Å². The summed E-state index contributed by atoms with van der Waals surface area (Å²) in [5.41, 5.74) is 1.36. The number of halogens is 2. The second-order valence-electron chi connectivity index (χ2n) is 14.8. The maximum absolute atomic E-state index is 14.4. The van der Waals surface area contributed by atoms with Crippen LogP contribution in [-0.2, 0) is 10.2 Å². The molecule has 1 saturated heterocycles. The van der Waals surface area contributed by atoms with Crippen molar-refractivity contribution in [3.05, 3.63) is 70.7 Å². The summed E-state index contributed by atoms with van der Waals surface area (Å²) in [5, 5.41) is 14.4. The van der Waals surface area contributed by atoms with Crippen molar-refractivity contribution in [2.75, 3.05) is 13.1 Å². The molecule has 2 fully saturated rings. The van der Waals surface area contributed by atoms with Crippen LogP contribution in [0, 0.1) is 24.0 Å². The van der Waals surface area contributed by atoms with E-state index in [4.69, 9.17) is 9.51 Å². The van der Waals surface area contributed by atoms with E-state index in [0.717, 1.165) is 49.2 Å². The number of likely N-dealkylation sites (tertiary alicyclic amines) is 1. The number of hydrogen-bond acceptors (Lipinski definition) is 7. The number of rotatable bonds is 11. The Morgan fingerprint density at radius 1 is 1.09 bits per heavy atom. The Bertz CT molecular complexity index is 1560. The molecule has 0 atom stereocenters. The van der Waals surface area contributed by atoms with Gasteiger partial charge in [0.25, 0.3) is 0 Å². The average Bonchev–Trinajstić information content (AvgIpc) is 3.41. The standard InChI is InChI=1S/C36H45F2N3O4/c1-22(2)24-13-23(3)39-33(14-24)34(4,5)17-27(42)18-36(20-41(21-36)26-9-11-35(6,44)12-10-26)19-31(43)30-16-32(45-40-30)28-8-7-25(37)15-29(28)38/h7-8,13-16,22,26,44H,9-12,17-21H2,1-6H3. The molecule has 0 radical (unpaired) electrons. The third-order valence-electron chi connectivity index (χ3n) is 9.70. The first kappa shape index (κ1) is 33.1. The highest BCUT2D eigenvalue weighted by Gasteiger charge is 2.49. The van der Waals surface area contributed by atoms with Gasteiger partial charge in [-0.25, -0.2) is 8.78 Å². The lowest BCUT2D eigenvalue weighted by molar-refractivity contribution is -0.128. The Hall–Kier alpha value is -3.30. The number of aliphatic hydroxyl groups is 1. The van der Waals surface area contributed by atoms with Crippen molar-refractivity contribution in [2.45, 2.75) is 109 Å². The molecule has 0 bridgehead atoms. The highest BCUT2D eigenvalue weighted by atomic mass is 19.1. The number of nitrogens with zero attached hydrogens (tertiary/aromatic N) is 3. The smallest absolute Gasteiger partial charge is 0.185 e. The quantitative estimate of drug-likeness (QED) is 0.224. The zero-order valence-corrected chi connectivity index (χ0v) is 27.3. The molecule has 7 nitrogen and oxygen atoms in total. The van der Waals surface area contributed by atoms with Crippen molar-refractivity contribution in [3.63, 3.8) is 0 Å². The second kappa shape index (κ2) is 12.5. The predicted octanol–water partition coefficient (Wildman–Crippen LogP) is 7.34. The van der Waals surface area contributed by atoms with E-state index in [0.29, 0.717) is 31.5 Å². The van der Waals surface area contributed by atoms with Crippen LogP contribution < -0.4 is 0 Å². The van der Waals surface area contributed by atoms with Crippen LogP contribution in [0.15, 0.2) is 40.9 Å². The molecule has 5 rings (SSSR count). The molecule has 242 valence electrons. The molecule has 1 saturated carbocycles. The van der Waals surface area contributed by atoms with Gasteiger partial charge in [0.05, 0.1) is 11.2 Å². The zero-order valence-electron chi connectivity index (χ0n) is 27.3. The molecule has 0 spiro atoms. The van der Waals surface area contributed by atoms with Crippen molar-refractivity contribution in [3.8, 4) is 11.3 Å². The van der Waals surface area contributed by atoms with Gasteiger partial charge in [0.15, 0.2) is 11.5 Å². The number of benzene rings is 1. The number of ketones is 2. The van der Waals surface area contributed by atoms with E-state index < -0.39 is 28.1 Å². The van der Waals surface area contributed by atoms with Gasteiger partial charge < -0.3 is 9.63 Å². The lowest BCUT2D eigenvalue weighted by Gasteiger charge is -2.54. The third kappa shape index (κ3) is 7.58. The van der Waals surface area contributed by atoms with E-state index in [-0.39, 0.29) is 41.4 Å². The first-order chi connectivity index (χ1) is 21.0. The molecular weight excluding hydrogens is 576 g/mol. The number of carbonyl (C=O) groups is 2. The van der Waals surface area contributed by atoms with Crippen LogP contribution >= 0.6 is 0 Å². The van der Waals surface area contributed by atoms with Gasteiger partial charge in [-0.05, 0) is 75.3 Å². The van der Waals surface area contributed by atoms with Crippen molar-refractivity contribution in [2.24, 2.45) is 5.41 Å². The molecule has 3 heterocycles. The van der Waals surface area contributed by atoms with E-state index in [9.17, 15) is 23.5 Å². The summed E-state index contributed by atoms with van der Waals surface area (Å²) in [7, 11) is 0. The maximum Gasteiger partial charge on any atom is 0.185 e. The van der Waals surface area contributed by atoms with Gasteiger partial charge in [-0.1, -0.05) is 32.9 Å². The summed E-state index contributed by atoms with van der Waals surface area (Å²) >= 11 is 0. The Balaban J connectivity index is 1.33. The minimum absolute atomic E-state index is 0.0171. The minimum atomic E-state index is -0.806. The zero-order chi connectivity index (χ0) is 32.7. The monoisotopic (exact) mass is 621 g/mol. The third-order valence-corrected chi connectivity index (χ3v) is 9.70. The van der Waals surface area contributed by atoms with Gasteiger partial charge in [-0.3, -0.25) is 19.5 Å². The van der Waals surface area contributed by atoms with Crippen LogP contribution in [-0.4, -0.2) is 56.4 Å². The van der Waals surface area contributed by atoms with Crippen LogP contribution in [0.2, 0.25) is 0 Å². The number of aryl methyl sites for hydroxylation is 1. The maximum atomic E-state index is 14.4. The van der Waals surface area contributed by atoms with Crippen molar-refractivity contribution < 1.29 is 28.0 Å². The van der Waals surface area contributed by atoms with Crippen LogP contribution in [0.3, 0.4) is 0 Å². The van der Waals surface area contributed by atoms with E-state index in [1.165, 1.54) is 17.7 Å². The number of pyridine rings is 1. The largest absolute Gasteiger partial charge is 0.390 e. The summed E-state index contributed by atoms with van der Waals surface area (Å²) in [4.78, 5) is 34.5. The fourth-order valence-corrected chi connectivity index (χ4v) is 7.04. The highest BCUT2D eigenvalue weighted by molar-refractivity contribution is 5.96. The Kier molecular flexibility index (Phi) is 9.17. The number of hydrogen-bond donors (Lipinski definition) is 1. The van der Waals surface area contributed by atoms with Gasteiger partial charge in [-0.2, -0.15) is 0 Å². The molecule has 2 aromatic heterocycles. The SMILES string of the molecule is Cc1cc(C(C)C)cc(C(C)(C)CC(=O)CC2(CC(=O)c3cc(-c4ccc(F)cc4F)on3)CN(C3CCC(C)(O)CC3)C2)n1. The van der Waals surface area contributed by atoms with E-state index in [2.05, 4.69) is 36.0 Å². The summed E-state index contributed by atoms with van der Waals surface area (Å²) in [6, 6.07) is 8.98. The van der Waals surface area contributed by atoms with E-state index >= 15 is 0 Å². The predicted molar refractivity (Wildman–Crippen MR) is 168 cm³/mol. The molecule has 45 heavy (non-hydrogen) atoms. The van der Waals surface area contributed by atoms with Gasteiger partial charge in [0, 0.05) is 72.7 Å². The lowest BCUT2D eigenvalue weighted by atomic mass is 9.68. The second-order valence-corrected chi connectivity index (χ2v) is 14.8. The van der Waals surface area contributed by atoms with Gasteiger partial charge >= 0.3 is 0 Å². The molecule has 2 aliphatic rings. The topological polar surface area (TPSA) is 96.5 Å². The van der Waals surface area contributed by atoms with E-state index in [1.807, 2.05) is 27.7 Å². The van der Waals surface area contributed by atoms with Crippen LogP contribution in [0.25, 0.3) is 11.3 Å². The molecule has 0 unspecified atom stereocenters. The van der Waals surface area contributed by atoms with Gasteiger partial charge in [0.2, 0.25) is 0 Å². The molecular formula is C36H45F2N3O4. The summed E-state index contributed by atoms with van der Waals surface area (Å²) in [5.74, 6) is -1.35. The molecule has 9 heteroatoms. The van der Waals surface area contributed by atoms with Crippen LogP contribution in [0.4, 0.5) is 8.78 Å². The number of aromatic nitrogens is 2. The molecule has 3 aromatic rings. The normalized spacial score (nSPS) is 22.0. The molecule has 1 N–H and O–H groups in total. The highest BCUT2D eigenvalue weighted by Crippen LogP contribution is 2.44. The van der Waals surface area contributed by atoms with Crippen LogP contribution in [0.1, 0.15) is 113 Å². The summed E-state index contributed by atoms with van der Waals surface area (Å²) in [6.45, 7) is 13.4. The molecule has 1 aromatic carbocycles. The minimum Gasteiger partial charge on any atom is -0.390 e. The Morgan fingerprint density at radius 3 is 2.42 bits per heavy atom. The van der Waals surface area contributed by atoms with Crippen molar-refractivity contribution in [1.82, 2.24) is 15.0 Å². The fraction of sp³-hybridized carbons (Fsp3) is 0.556. The molecule has 1 aliphatic carbocycles. The first-order valence-electron chi connectivity index (χ1n) is 16.0. The first-order valence-corrected chi connectivity index (χ1v) is 16.0. The lowest BCUT2D eigenvalue weighted by Crippen LogP contribution is -2.62. The summed E-state index contributed by atoms with van der Waals surface area (Å²) < 4.78 is 33.1. The summed E-state index contributed by atoms with van der Waals surface area (Å²) in [6.07, 6.45) is 3.80.